The molecule has 2 fully saturated rings. The summed E-state index contributed by atoms with van der Waals surface area (Å²) in [6.07, 6.45) is -0.736. The van der Waals surface area contributed by atoms with Crippen LogP contribution in [0, 0.1) is 11.8 Å². The van der Waals surface area contributed by atoms with Crippen molar-refractivity contribution in [2.45, 2.75) is 44.4 Å². The summed E-state index contributed by atoms with van der Waals surface area (Å²) < 4.78 is 37.9. The number of rotatable bonds is 2. The zero-order chi connectivity index (χ0) is 15.9. The van der Waals surface area contributed by atoms with E-state index in [1.807, 2.05) is 0 Å². The van der Waals surface area contributed by atoms with Crippen LogP contribution in [0.2, 0.25) is 0 Å². The van der Waals surface area contributed by atoms with Crippen LogP contribution in [0.3, 0.4) is 0 Å². The van der Waals surface area contributed by atoms with Crippen LogP contribution in [-0.2, 0) is 6.18 Å². The minimum absolute atomic E-state index is 0. The standard InChI is InChI=1S/C17H23F3N2.ClH/c1-11(12-5-7-14(8-6-12)17(18,19)20)22-9-13-3-2-4-16(21)15(13)10-22;/h5-8,11,13,15-16H,2-4,9-10,21H2,1H3;1H. The summed E-state index contributed by atoms with van der Waals surface area (Å²) in [6, 6.07) is 6.00. The van der Waals surface area contributed by atoms with E-state index in [0.717, 1.165) is 25.1 Å². The maximum Gasteiger partial charge on any atom is 0.416 e. The first kappa shape index (κ1) is 18.6. The first-order valence-corrected chi connectivity index (χ1v) is 8.03. The average Bonchev–Trinajstić information content (AvgIpc) is 2.91. The first-order valence-electron chi connectivity index (χ1n) is 8.03. The predicted octanol–water partition coefficient (Wildman–Crippen LogP) is 4.25. The Morgan fingerprint density at radius 1 is 1.13 bits per heavy atom. The largest absolute Gasteiger partial charge is 0.416 e. The molecule has 4 atom stereocenters. The van der Waals surface area contributed by atoms with Crippen molar-refractivity contribution in [1.82, 2.24) is 4.90 Å². The van der Waals surface area contributed by atoms with Crippen LogP contribution in [-0.4, -0.2) is 24.0 Å². The first-order chi connectivity index (χ1) is 10.4. The second-order valence-electron chi connectivity index (χ2n) is 6.77. The lowest BCUT2D eigenvalue weighted by Crippen LogP contribution is -2.38. The number of hydrogen-bond acceptors (Lipinski definition) is 2. The van der Waals surface area contributed by atoms with Gasteiger partial charge < -0.3 is 5.73 Å². The molecule has 2 aliphatic rings. The molecule has 0 bridgehead atoms. The predicted molar refractivity (Wildman–Crippen MR) is 87.5 cm³/mol. The minimum atomic E-state index is -4.27. The fourth-order valence-electron chi connectivity index (χ4n) is 4.03. The molecular formula is C17H24ClF3N2. The van der Waals surface area contributed by atoms with E-state index in [1.54, 1.807) is 12.1 Å². The van der Waals surface area contributed by atoms with Gasteiger partial charge in [-0.3, -0.25) is 4.90 Å². The zero-order valence-electron chi connectivity index (χ0n) is 13.2. The van der Waals surface area contributed by atoms with Crippen LogP contribution in [0.25, 0.3) is 0 Å². The van der Waals surface area contributed by atoms with E-state index >= 15 is 0 Å². The van der Waals surface area contributed by atoms with E-state index in [4.69, 9.17) is 5.73 Å². The van der Waals surface area contributed by atoms with Crippen molar-refractivity contribution in [2.24, 2.45) is 17.6 Å². The van der Waals surface area contributed by atoms with E-state index in [1.165, 1.54) is 25.0 Å². The van der Waals surface area contributed by atoms with Gasteiger partial charge in [-0.15, -0.1) is 12.4 Å². The summed E-state index contributed by atoms with van der Waals surface area (Å²) >= 11 is 0. The average molecular weight is 349 g/mol. The number of nitrogens with zero attached hydrogens (tertiary/aromatic N) is 1. The number of hydrogen-bond donors (Lipinski definition) is 1. The van der Waals surface area contributed by atoms with E-state index in [0.29, 0.717) is 11.8 Å². The van der Waals surface area contributed by atoms with Gasteiger partial charge in [-0.2, -0.15) is 13.2 Å². The van der Waals surface area contributed by atoms with Crippen molar-refractivity contribution in [3.63, 3.8) is 0 Å². The maximum atomic E-state index is 12.6. The monoisotopic (exact) mass is 348 g/mol. The molecule has 0 spiro atoms. The van der Waals surface area contributed by atoms with Crippen LogP contribution in [0.5, 0.6) is 0 Å². The van der Waals surface area contributed by atoms with E-state index in [9.17, 15) is 13.2 Å². The second-order valence-corrected chi connectivity index (χ2v) is 6.77. The summed E-state index contributed by atoms with van der Waals surface area (Å²) in [5.74, 6) is 1.20. The van der Waals surface area contributed by atoms with Gasteiger partial charge in [0.25, 0.3) is 0 Å². The topological polar surface area (TPSA) is 29.3 Å². The quantitative estimate of drug-likeness (QED) is 0.865. The fourth-order valence-corrected chi connectivity index (χ4v) is 4.03. The van der Waals surface area contributed by atoms with E-state index < -0.39 is 11.7 Å². The molecule has 2 nitrogen and oxygen atoms in total. The van der Waals surface area contributed by atoms with Gasteiger partial charge in [-0.1, -0.05) is 18.6 Å². The summed E-state index contributed by atoms with van der Waals surface area (Å²) in [5.41, 5.74) is 6.60. The highest BCUT2D eigenvalue weighted by molar-refractivity contribution is 5.85. The van der Waals surface area contributed by atoms with E-state index in [2.05, 4.69) is 11.8 Å². The number of likely N-dealkylation sites (tertiary alicyclic amines) is 1. The third-order valence-corrected chi connectivity index (χ3v) is 5.45. The van der Waals surface area contributed by atoms with Crippen LogP contribution in [0.4, 0.5) is 13.2 Å². The Hall–Kier alpha value is -0.780. The Morgan fingerprint density at radius 2 is 1.78 bits per heavy atom. The van der Waals surface area contributed by atoms with Gasteiger partial charge in [0.15, 0.2) is 0 Å². The van der Waals surface area contributed by atoms with Crippen LogP contribution < -0.4 is 5.73 Å². The van der Waals surface area contributed by atoms with Crippen molar-refractivity contribution in [3.8, 4) is 0 Å². The highest BCUT2D eigenvalue weighted by Gasteiger charge is 2.40. The molecule has 0 radical (unpaired) electrons. The van der Waals surface area contributed by atoms with Crippen molar-refractivity contribution >= 4 is 12.4 Å². The molecule has 1 heterocycles. The molecule has 1 saturated carbocycles. The van der Waals surface area contributed by atoms with Gasteiger partial charge in [-0.05, 0) is 49.3 Å². The molecule has 1 aliphatic heterocycles. The van der Waals surface area contributed by atoms with Crippen LogP contribution in [0.15, 0.2) is 24.3 Å². The van der Waals surface area contributed by atoms with Crippen molar-refractivity contribution in [2.75, 3.05) is 13.1 Å². The zero-order valence-corrected chi connectivity index (χ0v) is 14.0. The smallest absolute Gasteiger partial charge is 0.327 e. The minimum Gasteiger partial charge on any atom is -0.327 e. The molecular weight excluding hydrogens is 325 g/mol. The Morgan fingerprint density at radius 3 is 2.35 bits per heavy atom. The van der Waals surface area contributed by atoms with Crippen LogP contribution in [0.1, 0.15) is 43.4 Å². The number of nitrogens with two attached hydrogens (primary N) is 1. The molecule has 0 amide bonds. The molecule has 4 unspecified atom stereocenters. The lowest BCUT2D eigenvalue weighted by molar-refractivity contribution is -0.137. The van der Waals surface area contributed by atoms with Crippen molar-refractivity contribution in [1.29, 1.82) is 0 Å². The molecule has 1 aromatic rings. The Bertz CT molecular complexity index is 518. The van der Waals surface area contributed by atoms with Crippen molar-refractivity contribution < 1.29 is 13.2 Å². The maximum absolute atomic E-state index is 12.6. The molecule has 6 heteroatoms. The molecule has 1 aliphatic carbocycles. The highest BCUT2D eigenvalue weighted by atomic mass is 35.5. The fraction of sp³-hybridized carbons (Fsp3) is 0.647. The number of fused-ring (bicyclic) bond motifs is 1. The third kappa shape index (κ3) is 3.83. The SMILES string of the molecule is CC(c1ccc(C(F)(F)F)cc1)N1CC2CCCC(N)C2C1.Cl. The number of halogens is 4. The molecule has 1 saturated heterocycles. The Labute approximate surface area is 141 Å². The van der Waals surface area contributed by atoms with Crippen LogP contribution >= 0.6 is 12.4 Å². The molecule has 2 N–H and O–H groups in total. The number of benzene rings is 1. The third-order valence-electron chi connectivity index (χ3n) is 5.45. The van der Waals surface area contributed by atoms with Gasteiger partial charge in [0.05, 0.1) is 5.56 Å². The lowest BCUT2D eigenvalue weighted by atomic mass is 9.78. The Balaban J connectivity index is 0.00000192. The highest BCUT2D eigenvalue weighted by Crippen LogP contribution is 2.39. The summed E-state index contributed by atoms with van der Waals surface area (Å²) in [6.45, 7) is 4.06. The van der Waals surface area contributed by atoms with Gasteiger partial charge in [-0.25, -0.2) is 0 Å². The van der Waals surface area contributed by atoms with Crippen molar-refractivity contribution in [3.05, 3.63) is 35.4 Å². The molecule has 1 aromatic carbocycles. The van der Waals surface area contributed by atoms with Gasteiger partial charge >= 0.3 is 6.18 Å². The molecule has 23 heavy (non-hydrogen) atoms. The summed E-state index contributed by atoms with van der Waals surface area (Å²) in [7, 11) is 0. The summed E-state index contributed by atoms with van der Waals surface area (Å²) in [4.78, 5) is 2.38. The summed E-state index contributed by atoms with van der Waals surface area (Å²) in [5, 5.41) is 0. The molecule has 3 rings (SSSR count). The van der Waals surface area contributed by atoms with Gasteiger partial charge in [0.1, 0.15) is 0 Å². The van der Waals surface area contributed by atoms with E-state index in [-0.39, 0.29) is 24.5 Å². The van der Waals surface area contributed by atoms with Gasteiger partial charge in [0, 0.05) is 25.2 Å². The van der Waals surface area contributed by atoms with Gasteiger partial charge in [0.2, 0.25) is 0 Å². The molecule has 130 valence electrons. The Kier molecular flexibility index (Phi) is 5.64. The number of alkyl halides is 3. The lowest BCUT2D eigenvalue weighted by Gasteiger charge is -2.30. The second kappa shape index (κ2) is 6.99. The normalized spacial score (nSPS) is 29.7. The molecule has 0 aromatic heterocycles.